The summed E-state index contributed by atoms with van der Waals surface area (Å²) in [5, 5.41) is 19.6. The van der Waals surface area contributed by atoms with Gasteiger partial charge >= 0.3 is 5.97 Å². The Morgan fingerprint density at radius 1 is 1.38 bits per heavy atom. The maximum Gasteiger partial charge on any atom is 0.322 e. The van der Waals surface area contributed by atoms with Crippen molar-refractivity contribution in [1.82, 2.24) is 4.31 Å². The molecule has 0 saturated carbocycles. The van der Waals surface area contributed by atoms with Crippen LogP contribution in [0.2, 0.25) is 0 Å². The first kappa shape index (κ1) is 15.4. The van der Waals surface area contributed by atoms with Gasteiger partial charge in [0, 0.05) is 18.7 Å². The number of benzene rings is 1. The van der Waals surface area contributed by atoms with Crippen molar-refractivity contribution in [2.75, 3.05) is 6.54 Å². The molecule has 0 aliphatic carbocycles. The van der Waals surface area contributed by atoms with Crippen molar-refractivity contribution in [3.63, 3.8) is 0 Å². The van der Waals surface area contributed by atoms with Crippen molar-refractivity contribution >= 4 is 21.7 Å². The van der Waals surface area contributed by atoms with Crippen LogP contribution in [0.1, 0.15) is 18.4 Å². The molecule has 1 atom stereocenters. The van der Waals surface area contributed by atoms with Gasteiger partial charge in [0.05, 0.1) is 10.7 Å². The first-order valence-corrected chi connectivity index (χ1v) is 7.88. The van der Waals surface area contributed by atoms with Gasteiger partial charge in [0.25, 0.3) is 5.69 Å². The van der Waals surface area contributed by atoms with Gasteiger partial charge in [-0.2, -0.15) is 4.31 Å². The number of hydrogen-bond donors (Lipinski definition) is 1. The third kappa shape index (κ3) is 3.37. The molecule has 8 nitrogen and oxygen atoms in total. The minimum atomic E-state index is -3.76. The molecule has 1 heterocycles. The predicted molar refractivity (Wildman–Crippen MR) is 73.1 cm³/mol. The van der Waals surface area contributed by atoms with Crippen molar-refractivity contribution < 1.29 is 23.2 Å². The van der Waals surface area contributed by atoms with E-state index in [1.54, 1.807) is 0 Å². The third-order valence-electron chi connectivity index (χ3n) is 3.34. The van der Waals surface area contributed by atoms with Crippen LogP contribution in [0.4, 0.5) is 5.69 Å². The lowest BCUT2D eigenvalue weighted by Crippen LogP contribution is -2.40. The molecule has 0 spiro atoms. The van der Waals surface area contributed by atoms with E-state index in [1.807, 2.05) is 0 Å². The molecule has 0 bridgehead atoms. The molecule has 1 N–H and O–H groups in total. The molecule has 1 saturated heterocycles. The Hall–Kier alpha value is -2.00. The molecule has 1 aromatic carbocycles. The highest BCUT2D eigenvalue weighted by Gasteiger charge is 2.38. The van der Waals surface area contributed by atoms with Gasteiger partial charge < -0.3 is 5.11 Å². The van der Waals surface area contributed by atoms with Crippen LogP contribution in [0, 0.1) is 10.1 Å². The average molecular weight is 314 g/mol. The Morgan fingerprint density at radius 3 is 2.52 bits per heavy atom. The van der Waals surface area contributed by atoms with Gasteiger partial charge in [-0.05, 0) is 18.4 Å². The molecule has 0 unspecified atom stereocenters. The predicted octanol–water partition coefficient (Wildman–Crippen LogP) is 0.974. The molecule has 0 amide bonds. The average Bonchev–Trinajstić information content (AvgIpc) is 2.89. The molecule has 1 aromatic rings. The van der Waals surface area contributed by atoms with Crippen LogP contribution in [0.25, 0.3) is 0 Å². The second-order valence-corrected chi connectivity index (χ2v) is 6.71. The normalized spacial score (nSPS) is 19.5. The number of nitrogens with zero attached hydrogens (tertiary/aromatic N) is 2. The summed E-state index contributed by atoms with van der Waals surface area (Å²) in [7, 11) is -3.76. The number of non-ortho nitro benzene ring substituents is 1. The number of nitro groups is 1. The minimum absolute atomic E-state index is 0.124. The zero-order valence-electron chi connectivity index (χ0n) is 11.0. The molecule has 1 fully saturated rings. The van der Waals surface area contributed by atoms with E-state index in [0.717, 1.165) is 4.31 Å². The van der Waals surface area contributed by atoms with Crippen molar-refractivity contribution in [2.45, 2.75) is 24.6 Å². The highest BCUT2D eigenvalue weighted by Crippen LogP contribution is 2.24. The maximum absolute atomic E-state index is 12.3. The number of carbonyl (C=O) groups is 1. The summed E-state index contributed by atoms with van der Waals surface area (Å²) in [5.74, 6) is -1.52. The van der Waals surface area contributed by atoms with E-state index < -0.39 is 27.0 Å². The van der Waals surface area contributed by atoms with Crippen LogP contribution in [-0.4, -0.2) is 41.3 Å². The molecular weight excluding hydrogens is 300 g/mol. The summed E-state index contributed by atoms with van der Waals surface area (Å²) in [5.41, 5.74) is 0.261. The third-order valence-corrected chi connectivity index (χ3v) is 5.19. The van der Waals surface area contributed by atoms with Crippen molar-refractivity contribution in [3.05, 3.63) is 39.9 Å². The van der Waals surface area contributed by atoms with Gasteiger partial charge in [0.1, 0.15) is 6.04 Å². The standard InChI is InChI=1S/C12H14N2O6S/c15-12(16)11-2-1-7-13(11)21(19,20)8-9-3-5-10(6-4-9)14(17)18/h3-6,11H,1-2,7-8H2,(H,15,16)/t11-/m1/s1. The Labute approximate surface area is 121 Å². The van der Waals surface area contributed by atoms with Gasteiger partial charge in [-0.15, -0.1) is 0 Å². The fourth-order valence-corrected chi connectivity index (χ4v) is 4.10. The van der Waals surface area contributed by atoms with E-state index in [4.69, 9.17) is 5.11 Å². The zero-order chi connectivity index (χ0) is 15.6. The number of nitro benzene ring substituents is 1. The lowest BCUT2D eigenvalue weighted by molar-refractivity contribution is -0.384. The molecule has 2 rings (SSSR count). The smallest absolute Gasteiger partial charge is 0.322 e. The van der Waals surface area contributed by atoms with Gasteiger partial charge in [-0.3, -0.25) is 14.9 Å². The number of carboxylic acid groups (broad SMARTS) is 1. The number of carboxylic acids is 1. The molecule has 21 heavy (non-hydrogen) atoms. The number of hydrogen-bond acceptors (Lipinski definition) is 5. The molecule has 9 heteroatoms. The second kappa shape index (κ2) is 5.78. The van der Waals surface area contributed by atoms with Crippen LogP contribution in [0.5, 0.6) is 0 Å². The van der Waals surface area contributed by atoms with E-state index in [1.165, 1.54) is 24.3 Å². The van der Waals surface area contributed by atoms with Crippen LogP contribution in [-0.2, 0) is 20.6 Å². The first-order chi connectivity index (χ1) is 9.81. The molecule has 1 aliphatic heterocycles. The lowest BCUT2D eigenvalue weighted by atomic mass is 10.2. The Bertz CT molecular complexity index is 655. The minimum Gasteiger partial charge on any atom is -0.480 e. The van der Waals surface area contributed by atoms with E-state index in [0.29, 0.717) is 18.4 Å². The van der Waals surface area contributed by atoms with E-state index in [-0.39, 0.29) is 18.0 Å². The van der Waals surface area contributed by atoms with Gasteiger partial charge in [0.15, 0.2) is 0 Å². The maximum atomic E-state index is 12.3. The molecular formula is C12H14N2O6S. The molecule has 1 aliphatic rings. The summed E-state index contributed by atoms with van der Waals surface area (Å²) in [4.78, 5) is 21.0. The molecule has 114 valence electrons. The van der Waals surface area contributed by atoms with Crippen LogP contribution >= 0.6 is 0 Å². The largest absolute Gasteiger partial charge is 0.480 e. The summed E-state index contributed by atoms with van der Waals surface area (Å²) in [6.07, 6.45) is 0.811. The monoisotopic (exact) mass is 314 g/mol. The molecule has 0 radical (unpaired) electrons. The lowest BCUT2D eigenvalue weighted by Gasteiger charge is -2.20. The van der Waals surface area contributed by atoms with Gasteiger partial charge in [0.2, 0.25) is 10.0 Å². The van der Waals surface area contributed by atoms with Crippen molar-refractivity contribution in [2.24, 2.45) is 0 Å². The zero-order valence-corrected chi connectivity index (χ0v) is 11.8. The number of aliphatic carboxylic acids is 1. The van der Waals surface area contributed by atoms with E-state index in [9.17, 15) is 23.3 Å². The number of sulfonamides is 1. The van der Waals surface area contributed by atoms with Crippen molar-refractivity contribution in [1.29, 1.82) is 0 Å². The summed E-state index contributed by atoms with van der Waals surface area (Å²) in [6, 6.07) is 4.16. The first-order valence-electron chi connectivity index (χ1n) is 6.27. The quantitative estimate of drug-likeness (QED) is 0.639. The Kier molecular flexibility index (Phi) is 4.24. The van der Waals surface area contributed by atoms with E-state index in [2.05, 4.69) is 0 Å². The summed E-state index contributed by atoms with van der Waals surface area (Å²) < 4.78 is 25.5. The molecule has 0 aromatic heterocycles. The van der Waals surface area contributed by atoms with Crippen LogP contribution in [0.3, 0.4) is 0 Å². The van der Waals surface area contributed by atoms with Gasteiger partial charge in [-0.1, -0.05) is 12.1 Å². The highest BCUT2D eigenvalue weighted by atomic mass is 32.2. The van der Waals surface area contributed by atoms with Gasteiger partial charge in [-0.25, -0.2) is 8.42 Å². The second-order valence-electron chi connectivity index (χ2n) is 4.79. The fraction of sp³-hybridized carbons (Fsp3) is 0.417. The fourth-order valence-electron chi connectivity index (χ4n) is 2.33. The van der Waals surface area contributed by atoms with Crippen molar-refractivity contribution in [3.8, 4) is 0 Å². The Balaban J connectivity index is 2.17. The summed E-state index contributed by atoms with van der Waals surface area (Å²) >= 11 is 0. The Morgan fingerprint density at radius 2 is 2.00 bits per heavy atom. The van der Waals surface area contributed by atoms with Crippen LogP contribution < -0.4 is 0 Å². The number of rotatable bonds is 5. The SMILES string of the molecule is O=C(O)[C@H]1CCCN1S(=O)(=O)Cc1ccc([N+](=O)[O-])cc1. The highest BCUT2D eigenvalue weighted by molar-refractivity contribution is 7.88. The summed E-state index contributed by atoms with van der Waals surface area (Å²) in [6.45, 7) is 0.187. The van der Waals surface area contributed by atoms with E-state index >= 15 is 0 Å². The van der Waals surface area contributed by atoms with Crippen LogP contribution in [0.15, 0.2) is 24.3 Å². The topological polar surface area (TPSA) is 118 Å².